The molecular weight excluding hydrogens is 526 g/mol. The topological polar surface area (TPSA) is 116 Å². The van der Waals surface area contributed by atoms with Crippen LogP contribution in [-0.4, -0.2) is 65.1 Å². The van der Waals surface area contributed by atoms with E-state index >= 15 is 0 Å². The van der Waals surface area contributed by atoms with Gasteiger partial charge in [0.25, 0.3) is 11.8 Å². The summed E-state index contributed by atoms with van der Waals surface area (Å²) < 4.78 is -0.704. The Morgan fingerprint density at radius 2 is 1.27 bits per heavy atom. The summed E-state index contributed by atoms with van der Waals surface area (Å²) in [5, 5.41) is 14.7. The minimum atomic E-state index is -0.942. The van der Waals surface area contributed by atoms with E-state index in [-0.39, 0.29) is 31.9 Å². The van der Waals surface area contributed by atoms with E-state index in [1.807, 2.05) is 91.0 Å². The number of aliphatic hydroxyl groups excluding tert-OH is 1. The molecule has 3 aromatic carbocycles. The van der Waals surface area contributed by atoms with E-state index in [0.717, 1.165) is 21.6 Å². The molecule has 3 N–H and O–H groups in total. The summed E-state index contributed by atoms with van der Waals surface area (Å²) in [7, 11) is 0. The third kappa shape index (κ3) is 6.67. The number of carbonyl (C=O) groups excluding carboxylic acids is 4. The third-order valence-electron chi connectivity index (χ3n) is 6.53. The maximum absolute atomic E-state index is 13.1. The standard InChI is InChI=1S/C31H31N3O5S/c35-21-19-32-30(39)26(33-27(36)18-20-34-28(37)16-17-29(34)38)22-40-31(23-10-4-1-5-11-23,24-12-6-2-7-13-24)25-14-8-3-9-15-25/h1-17,26,35H,18-22H2,(H,32,39)(H,33,36). The highest BCUT2D eigenvalue weighted by atomic mass is 32.2. The van der Waals surface area contributed by atoms with Crippen molar-refractivity contribution in [2.24, 2.45) is 0 Å². The van der Waals surface area contributed by atoms with Gasteiger partial charge in [-0.25, -0.2) is 0 Å². The summed E-state index contributed by atoms with van der Waals surface area (Å²) >= 11 is 1.52. The smallest absolute Gasteiger partial charge is 0.253 e. The molecule has 0 saturated heterocycles. The Kier molecular flexibility index (Phi) is 9.88. The molecule has 1 unspecified atom stereocenters. The molecule has 0 spiro atoms. The van der Waals surface area contributed by atoms with Crippen LogP contribution in [0, 0.1) is 0 Å². The number of rotatable bonds is 13. The number of amides is 4. The molecule has 0 bridgehead atoms. The van der Waals surface area contributed by atoms with Crippen molar-refractivity contribution >= 4 is 35.4 Å². The predicted octanol–water partition coefficient (Wildman–Crippen LogP) is 2.62. The van der Waals surface area contributed by atoms with Crippen molar-refractivity contribution in [3.63, 3.8) is 0 Å². The number of hydrogen-bond acceptors (Lipinski definition) is 6. The van der Waals surface area contributed by atoms with Gasteiger partial charge in [0.05, 0.1) is 11.4 Å². The van der Waals surface area contributed by atoms with Crippen molar-refractivity contribution in [2.75, 3.05) is 25.4 Å². The number of nitrogens with one attached hydrogen (secondary N) is 2. The van der Waals surface area contributed by atoms with Crippen LogP contribution in [0.1, 0.15) is 23.1 Å². The molecule has 0 radical (unpaired) electrons. The highest BCUT2D eigenvalue weighted by molar-refractivity contribution is 8.00. The Bertz CT molecular complexity index is 1230. The molecule has 206 valence electrons. The first-order chi connectivity index (χ1) is 19.5. The second-order valence-corrected chi connectivity index (χ2v) is 10.4. The van der Waals surface area contributed by atoms with Crippen molar-refractivity contribution in [3.05, 3.63) is 120 Å². The molecule has 4 amide bonds. The van der Waals surface area contributed by atoms with Gasteiger partial charge in [-0.1, -0.05) is 91.0 Å². The molecule has 9 heteroatoms. The average molecular weight is 558 g/mol. The van der Waals surface area contributed by atoms with Gasteiger partial charge in [0.1, 0.15) is 6.04 Å². The Labute approximate surface area is 237 Å². The van der Waals surface area contributed by atoms with Crippen LogP contribution in [-0.2, 0) is 23.9 Å². The quantitative estimate of drug-likeness (QED) is 0.220. The zero-order valence-corrected chi connectivity index (χ0v) is 22.7. The number of nitrogens with zero attached hydrogens (tertiary/aromatic N) is 1. The van der Waals surface area contributed by atoms with Crippen LogP contribution in [0.15, 0.2) is 103 Å². The van der Waals surface area contributed by atoms with Gasteiger partial charge in [0.15, 0.2) is 0 Å². The summed E-state index contributed by atoms with van der Waals surface area (Å²) in [4.78, 5) is 50.8. The summed E-state index contributed by atoms with van der Waals surface area (Å²) in [5.41, 5.74) is 3.03. The molecule has 8 nitrogen and oxygen atoms in total. The van der Waals surface area contributed by atoms with Crippen molar-refractivity contribution in [1.29, 1.82) is 0 Å². The maximum atomic E-state index is 13.1. The molecule has 1 atom stereocenters. The van der Waals surface area contributed by atoms with E-state index in [9.17, 15) is 24.3 Å². The molecule has 4 rings (SSSR count). The Balaban J connectivity index is 1.63. The maximum Gasteiger partial charge on any atom is 0.253 e. The summed E-state index contributed by atoms with van der Waals surface area (Å²) in [5.74, 6) is -1.65. The fourth-order valence-corrected chi connectivity index (χ4v) is 6.15. The fraction of sp³-hybridized carbons (Fsp3) is 0.226. The van der Waals surface area contributed by atoms with Gasteiger partial charge in [-0.15, -0.1) is 11.8 Å². The monoisotopic (exact) mass is 557 g/mol. The summed E-state index contributed by atoms with van der Waals surface area (Å²) in [6.07, 6.45) is 2.19. The van der Waals surface area contributed by atoms with E-state index in [1.54, 1.807) is 0 Å². The van der Waals surface area contributed by atoms with Gasteiger partial charge in [-0.2, -0.15) is 0 Å². The van der Waals surface area contributed by atoms with E-state index in [0.29, 0.717) is 0 Å². The normalized spacial score (nSPS) is 13.8. The van der Waals surface area contributed by atoms with Crippen LogP contribution in [0.3, 0.4) is 0 Å². The number of thioether (sulfide) groups is 1. The van der Waals surface area contributed by atoms with Gasteiger partial charge < -0.3 is 15.7 Å². The van der Waals surface area contributed by atoms with Crippen LogP contribution in [0.25, 0.3) is 0 Å². The average Bonchev–Trinajstić information content (AvgIpc) is 3.32. The zero-order valence-electron chi connectivity index (χ0n) is 21.9. The third-order valence-corrected chi connectivity index (χ3v) is 8.17. The first kappa shape index (κ1) is 28.8. The van der Waals surface area contributed by atoms with Crippen molar-refractivity contribution < 1.29 is 24.3 Å². The lowest BCUT2D eigenvalue weighted by atomic mass is 9.84. The molecule has 0 aliphatic carbocycles. The highest BCUT2D eigenvalue weighted by Gasteiger charge is 2.38. The number of carbonyl (C=O) groups is 4. The Morgan fingerprint density at radius 3 is 1.73 bits per heavy atom. The minimum absolute atomic E-state index is 0.0412. The predicted molar refractivity (Wildman–Crippen MR) is 154 cm³/mol. The highest BCUT2D eigenvalue weighted by Crippen LogP contribution is 2.48. The first-order valence-corrected chi connectivity index (χ1v) is 14.0. The lowest BCUT2D eigenvalue weighted by Crippen LogP contribution is -2.50. The van der Waals surface area contributed by atoms with Gasteiger partial charge in [0.2, 0.25) is 11.8 Å². The van der Waals surface area contributed by atoms with Gasteiger partial charge >= 0.3 is 0 Å². The van der Waals surface area contributed by atoms with Crippen molar-refractivity contribution in [2.45, 2.75) is 17.2 Å². The second-order valence-electron chi connectivity index (χ2n) is 9.14. The first-order valence-electron chi connectivity index (χ1n) is 13.0. The second kappa shape index (κ2) is 13.7. The molecular formula is C31H31N3O5S. The van der Waals surface area contributed by atoms with Gasteiger partial charge in [-0.05, 0) is 16.7 Å². The Hall–Kier alpha value is -4.21. The molecule has 1 aliphatic heterocycles. The van der Waals surface area contributed by atoms with Crippen LogP contribution >= 0.6 is 11.8 Å². The van der Waals surface area contributed by atoms with E-state index in [4.69, 9.17) is 0 Å². The molecule has 3 aromatic rings. The lowest BCUT2D eigenvalue weighted by Gasteiger charge is -2.36. The van der Waals surface area contributed by atoms with Crippen molar-refractivity contribution in [3.8, 4) is 0 Å². The fourth-order valence-electron chi connectivity index (χ4n) is 4.59. The molecule has 0 saturated carbocycles. The van der Waals surface area contributed by atoms with Crippen molar-refractivity contribution in [1.82, 2.24) is 15.5 Å². The Morgan fingerprint density at radius 1 is 0.800 bits per heavy atom. The molecule has 40 heavy (non-hydrogen) atoms. The number of hydrogen-bond donors (Lipinski definition) is 3. The molecule has 0 fully saturated rings. The van der Waals surface area contributed by atoms with Crippen LogP contribution in [0.5, 0.6) is 0 Å². The van der Waals surface area contributed by atoms with Gasteiger partial charge in [-0.3, -0.25) is 24.1 Å². The lowest BCUT2D eigenvalue weighted by molar-refractivity contribution is -0.137. The summed E-state index contributed by atoms with van der Waals surface area (Å²) in [6, 6.07) is 29.0. The largest absolute Gasteiger partial charge is 0.395 e. The molecule has 0 aromatic heterocycles. The minimum Gasteiger partial charge on any atom is -0.395 e. The van der Waals surface area contributed by atoms with E-state index in [2.05, 4.69) is 10.6 Å². The van der Waals surface area contributed by atoms with Crippen LogP contribution in [0.2, 0.25) is 0 Å². The SMILES string of the molecule is O=C(CCN1C(=O)C=CC1=O)NC(CSC(c1ccccc1)(c1ccccc1)c1ccccc1)C(=O)NCCO. The molecule has 1 heterocycles. The number of benzene rings is 3. The number of aliphatic hydroxyl groups is 1. The van der Waals surface area contributed by atoms with Crippen LogP contribution in [0.4, 0.5) is 0 Å². The van der Waals surface area contributed by atoms with E-state index in [1.165, 1.54) is 23.9 Å². The summed E-state index contributed by atoms with van der Waals surface area (Å²) in [6.45, 7) is -0.288. The van der Waals surface area contributed by atoms with E-state index < -0.39 is 34.4 Å². The molecule has 1 aliphatic rings. The zero-order chi connectivity index (χ0) is 28.4. The van der Waals surface area contributed by atoms with Gasteiger partial charge in [0, 0.05) is 37.4 Å². The number of imide groups is 1. The van der Waals surface area contributed by atoms with Crippen LogP contribution < -0.4 is 10.6 Å².